The molecule has 11 aromatic rings. The van der Waals surface area contributed by atoms with Gasteiger partial charge in [-0.3, -0.25) is 51.6 Å². The summed E-state index contributed by atoms with van der Waals surface area (Å²) in [7, 11) is 8.12. The molecule has 3 amide bonds. The summed E-state index contributed by atoms with van der Waals surface area (Å²) in [5.74, 6) is 3.26. The minimum atomic E-state index is -0.271. The lowest BCUT2D eigenvalue weighted by molar-refractivity contribution is -0.125. The van der Waals surface area contributed by atoms with Crippen molar-refractivity contribution < 1.29 is 23.9 Å². The first kappa shape index (κ1) is 84.8. The average Bonchev–Trinajstić information content (AvgIpc) is 1.60. The summed E-state index contributed by atoms with van der Waals surface area (Å²) < 4.78 is 21.3. The molecule has 3 aliphatic heterocycles. The number of nitrogen functional groups attached to an aromatic ring is 3. The molecule has 610 valence electrons. The molecule has 116 heavy (non-hydrogen) atoms. The molecule has 5 aromatic carbocycles. The number of likely N-dealkylation sites (tertiary alicyclic amines) is 3. The van der Waals surface area contributed by atoms with Crippen LogP contribution in [-0.2, 0) is 14.4 Å². The fourth-order valence-corrected chi connectivity index (χ4v) is 15.6. The van der Waals surface area contributed by atoms with Crippen LogP contribution >= 0.6 is 11.6 Å². The van der Waals surface area contributed by atoms with Gasteiger partial charge < -0.3 is 46.3 Å². The molecule has 6 N–H and O–H groups in total. The Morgan fingerprint density at radius 1 is 0.414 bits per heavy atom. The first-order chi connectivity index (χ1) is 54.8. The van der Waals surface area contributed by atoms with E-state index in [-0.39, 0.29) is 92.6 Å². The van der Waals surface area contributed by atoms with Gasteiger partial charge in [-0.05, 0) is 170 Å². The van der Waals surface area contributed by atoms with E-state index in [1.54, 1.807) is 75.5 Å². The number of anilines is 3. The zero-order valence-corrected chi connectivity index (χ0v) is 64.6. The molecule has 30 heteroatoms. The van der Waals surface area contributed by atoms with Crippen molar-refractivity contribution in [2.24, 2.45) is 0 Å². The standard InChI is InChI=1S/C32H37N7O3.C30H33N7O3.C21H24ClN7O2.3CH4/c1-36(23-9-4-2-5-10-23)19-8-13-28(40)37-20-18-25(21-37)39-31-29(30(33)34-22-35-31)38(32(39)41)24-14-16-27(17-15-24)42-26-11-6-3-7-12-26;1-34(21-7-5-8-21)17-6-11-26(38)35-18-16-23(19-35)37-29-27(28(31)32-20-33-29)36(30(37)39)22-12-14-25(15-13-22)40-24-9-3-2-4-10-24;1-26(2)10-3-4-17(30)27-11-9-16(12-27)29-20-18(19(23)24-13-25-20)28(21(29)31)15-7-5-14(22)6-8-15;;;/h3,6-8,11-17,22-23,25H,2,4-5,9-10,18-21H2,1H3,(H2,33,34,35);2-4,6,9-15,20-21,23H,5,7-8,16-19H2,1H3,(H2,31,32,33);3-8,13,16H,9-12H2,1-2H3,(H2,23,24,25);3*1H4/b13-8+;11-6+;4-3+;;;/t;23-;16-;;;/m.11.../s1. The predicted octanol–water partition coefficient (Wildman–Crippen LogP) is 11.9. The number of carbonyl (C=O) groups excluding carboxylic acids is 3. The van der Waals surface area contributed by atoms with Crippen molar-refractivity contribution in [1.82, 2.24) is 86.7 Å². The topological polar surface area (TPSA) is 325 Å². The summed E-state index contributed by atoms with van der Waals surface area (Å²) in [5, 5.41) is 0.567. The van der Waals surface area contributed by atoms with E-state index in [2.05, 4.69) is 53.8 Å². The van der Waals surface area contributed by atoms with Gasteiger partial charge in [0.25, 0.3) is 0 Å². The molecule has 0 bridgehead atoms. The second-order valence-corrected chi connectivity index (χ2v) is 29.9. The lowest BCUT2D eigenvalue weighted by Gasteiger charge is -2.33. The van der Waals surface area contributed by atoms with Crippen LogP contribution in [0.5, 0.6) is 23.0 Å². The molecule has 16 rings (SSSR count). The molecule has 9 heterocycles. The second-order valence-electron chi connectivity index (χ2n) is 29.5. The summed E-state index contributed by atoms with van der Waals surface area (Å²) in [5.41, 5.74) is 22.5. The number of benzene rings is 5. The Hall–Kier alpha value is -12.1. The highest BCUT2D eigenvalue weighted by molar-refractivity contribution is 6.30. The summed E-state index contributed by atoms with van der Waals surface area (Å²) in [6.45, 7) is 5.17. The molecule has 3 atom stereocenters. The van der Waals surface area contributed by atoms with Crippen LogP contribution in [0.2, 0.25) is 5.02 Å². The normalized spacial score (nSPS) is 17.1. The molecule has 5 fully saturated rings. The van der Waals surface area contributed by atoms with Gasteiger partial charge in [-0.15, -0.1) is 0 Å². The summed E-state index contributed by atoms with van der Waals surface area (Å²) in [6.07, 6.45) is 26.8. The van der Waals surface area contributed by atoms with E-state index in [1.165, 1.54) is 79.5 Å². The first-order valence-corrected chi connectivity index (χ1v) is 38.8. The maximum atomic E-state index is 13.9. The number of nitrogens with two attached hydrogens (primary N) is 3. The Balaban J connectivity index is 0.000000171. The van der Waals surface area contributed by atoms with E-state index in [4.69, 9.17) is 38.3 Å². The quantitative estimate of drug-likeness (QED) is 0.0563. The maximum Gasteiger partial charge on any atom is 0.335 e. The average molecular weight is 1600 g/mol. The monoisotopic (exact) mass is 1600 g/mol. The molecule has 0 radical (unpaired) electrons. The fourth-order valence-electron chi connectivity index (χ4n) is 15.5. The van der Waals surface area contributed by atoms with E-state index < -0.39 is 0 Å². The van der Waals surface area contributed by atoms with Crippen molar-refractivity contribution in [3.63, 3.8) is 0 Å². The first-order valence-electron chi connectivity index (χ1n) is 38.4. The molecular weight excluding hydrogens is 1490 g/mol. The van der Waals surface area contributed by atoms with E-state index in [0.717, 1.165) is 24.6 Å². The second kappa shape index (κ2) is 38.4. The number of rotatable bonds is 21. The molecule has 1 unspecified atom stereocenters. The molecular formula is C86H106ClN21O8. The van der Waals surface area contributed by atoms with Crippen molar-refractivity contribution >= 4 is 80.3 Å². The number of hydrogen-bond donors (Lipinski definition) is 3. The Morgan fingerprint density at radius 2 is 0.724 bits per heavy atom. The third kappa shape index (κ3) is 18.8. The number of nitrogens with zero attached hydrogens (tertiary/aromatic N) is 18. The highest BCUT2D eigenvalue weighted by Crippen LogP contribution is 2.34. The molecule has 0 spiro atoms. The predicted molar refractivity (Wildman–Crippen MR) is 457 cm³/mol. The van der Waals surface area contributed by atoms with Crippen molar-refractivity contribution in [2.75, 3.05) is 104 Å². The number of likely N-dealkylation sites (N-methyl/N-ethyl adjacent to an activating group) is 3. The van der Waals surface area contributed by atoms with Gasteiger partial charge in [-0.2, -0.15) is 0 Å². The summed E-state index contributed by atoms with van der Waals surface area (Å²) in [6, 6.07) is 41.0. The SMILES string of the molecule is C.C.C.CN(C)C/C=C/C(=O)N1CC[C@@H](n2c(=O)n(-c3ccc(Cl)cc3)c3c(N)ncnc32)C1.CN(C/C=C/C(=O)N1CCC(n2c(=O)n(-c3ccc(Oc4ccccc4)cc3)c3c(N)ncnc32)C1)C1CCCCC1.CN(C/C=C/C(=O)N1CC[C@@H](n2c(=O)n(-c3ccc(Oc4ccccc4)cc3)c3c(N)ncnc32)C1)C1CCC1. The van der Waals surface area contributed by atoms with Crippen LogP contribution < -0.4 is 43.7 Å². The number of aromatic nitrogens is 12. The summed E-state index contributed by atoms with van der Waals surface area (Å²) >= 11 is 6.01. The Labute approximate surface area is 680 Å². The Morgan fingerprint density at radius 3 is 1.04 bits per heavy atom. The number of amides is 3. The minimum absolute atomic E-state index is 0. The van der Waals surface area contributed by atoms with E-state index in [0.29, 0.717) is 144 Å². The highest BCUT2D eigenvalue weighted by atomic mass is 35.5. The number of ether oxygens (including phenoxy) is 2. The number of para-hydroxylation sites is 2. The Kier molecular flexibility index (Phi) is 28.1. The zero-order valence-electron chi connectivity index (χ0n) is 63.9. The molecule has 5 aliphatic rings. The molecule has 29 nitrogen and oxygen atoms in total. The summed E-state index contributed by atoms with van der Waals surface area (Å²) in [4.78, 5) is 117. The molecule has 2 aliphatic carbocycles. The van der Waals surface area contributed by atoms with Crippen LogP contribution in [0.4, 0.5) is 17.5 Å². The number of hydrogen-bond acceptors (Lipinski definition) is 20. The van der Waals surface area contributed by atoms with Crippen molar-refractivity contribution in [3.05, 3.63) is 225 Å². The Bertz CT molecular complexity index is 5480. The van der Waals surface area contributed by atoms with Gasteiger partial charge in [0, 0.05) is 94.2 Å². The number of imidazole rings is 3. The lowest BCUT2D eigenvalue weighted by Crippen LogP contribution is -2.37. The van der Waals surface area contributed by atoms with Gasteiger partial charge in [0.1, 0.15) is 58.5 Å². The van der Waals surface area contributed by atoms with Gasteiger partial charge in [0.2, 0.25) is 17.7 Å². The minimum Gasteiger partial charge on any atom is -0.457 e. The molecule has 6 aromatic heterocycles. The van der Waals surface area contributed by atoms with Crippen molar-refractivity contribution in [3.8, 4) is 40.1 Å². The smallest absolute Gasteiger partial charge is 0.335 e. The van der Waals surface area contributed by atoms with E-state index in [1.807, 2.05) is 146 Å². The fraction of sp³-hybridized carbons (Fsp3) is 0.372. The highest BCUT2D eigenvalue weighted by Gasteiger charge is 2.36. The van der Waals surface area contributed by atoms with Crippen molar-refractivity contribution in [2.45, 2.75) is 123 Å². The number of halogens is 1. The van der Waals surface area contributed by atoms with Crippen LogP contribution in [0, 0.1) is 0 Å². The van der Waals surface area contributed by atoms with Crippen LogP contribution in [0.1, 0.15) is 111 Å². The number of fused-ring (bicyclic) bond motifs is 3. The van der Waals surface area contributed by atoms with Gasteiger partial charge in [0.15, 0.2) is 34.4 Å². The molecule has 2 saturated carbocycles. The van der Waals surface area contributed by atoms with Gasteiger partial charge in [-0.1, -0.05) is 114 Å². The van der Waals surface area contributed by atoms with Gasteiger partial charge in [0.05, 0.1) is 35.2 Å². The van der Waals surface area contributed by atoms with E-state index in [9.17, 15) is 28.8 Å². The molecule has 3 saturated heterocycles. The van der Waals surface area contributed by atoms with Crippen LogP contribution in [0.15, 0.2) is 203 Å². The third-order valence-electron chi connectivity index (χ3n) is 21.7. The lowest BCUT2D eigenvalue weighted by atomic mass is 9.92. The van der Waals surface area contributed by atoms with Gasteiger partial charge >= 0.3 is 17.1 Å². The van der Waals surface area contributed by atoms with Crippen LogP contribution in [0.25, 0.3) is 50.6 Å². The zero-order chi connectivity index (χ0) is 78.8. The number of carbonyl (C=O) groups is 3. The maximum absolute atomic E-state index is 13.9. The van der Waals surface area contributed by atoms with Crippen molar-refractivity contribution in [1.29, 1.82) is 0 Å². The third-order valence-corrected chi connectivity index (χ3v) is 22.0. The van der Waals surface area contributed by atoms with Crippen LogP contribution in [-0.4, -0.2) is 204 Å². The van der Waals surface area contributed by atoms with E-state index >= 15 is 0 Å². The van der Waals surface area contributed by atoms with Gasteiger partial charge in [-0.25, -0.2) is 44.3 Å². The largest absolute Gasteiger partial charge is 0.457 e. The van der Waals surface area contributed by atoms with Crippen LogP contribution in [0.3, 0.4) is 0 Å².